The summed E-state index contributed by atoms with van der Waals surface area (Å²) in [5.41, 5.74) is -2.47. The van der Waals surface area contributed by atoms with Crippen LogP contribution in [0.4, 0.5) is 23.7 Å². The average molecular weight is 384 g/mol. The summed E-state index contributed by atoms with van der Waals surface area (Å²) in [5.74, 6) is -0.133. The molecule has 1 fully saturated rings. The molecule has 2 N–H and O–H groups in total. The van der Waals surface area contributed by atoms with Crippen LogP contribution in [0.5, 0.6) is 0 Å². The van der Waals surface area contributed by atoms with Crippen LogP contribution in [-0.2, 0) is 37.1 Å². The summed E-state index contributed by atoms with van der Waals surface area (Å²) in [6.07, 6.45) is -4.69. The SMILES string of the molecule is CC1(C)NC(=O)N(c2ccc(C#N)c(C(F)(F)F)[c]2[Y])C1=N. The Morgan fingerprint density at radius 1 is 1.41 bits per heavy atom. The van der Waals surface area contributed by atoms with E-state index in [1.165, 1.54) is 12.1 Å². The van der Waals surface area contributed by atoms with Crippen LogP contribution in [0.2, 0.25) is 0 Å². The fraction of sp³-hybridized carbons (Fsp3) is 0.308. The van der Waals surface area contributed by atoms with Gasteiger partial charge in [-0.15, -0.1) is 0 Å². The third-order valence-electron chi connectivity index (χ3n) is 3.31. The van der Waals surface area contributed by atoms with Gasteiger partial charge in [-0.3, -0.25) is 0 Å². The summed E-state index contributed by atoms with van der Waals surface area (Å²) in [5, 5.41) is 19.4. The van der Waals surface area contributed by atoms with Crippen molar-refractivity contribution in [3.8, 4) is 6.07 Å². The van der Waals surface area contributed by atoms with Gasteiger partial charge >= 0.3 is 145 Å². The molecule has 0 saturated carbocycles. The van der Waals surface area contributed by atoms with E-state index in [9.17, 15) is 18.0 Å². The van der Waals surface area contributed by atoms with Crippen LogP contribution >= 0.6 is 0 Å². The molecule has 0 spiro atoms. The number of alkyl halides is 3. The number of anilines is 1. The Bertz CT molecular complexity index is 721. The molecule has 1 heterocycles. The second-order valence-corrected chi connectivity index (χ2v) is 6.69. The van der Waals surface area contributed by atoms with Crippen LogP contribution in [0.3, 0.4) is 0 Å². The van der Waals surface area contributed by atoms with E-state index in [0.717, 1.165) is 11.0 Å². The number of benzene rings is 1. The van der Waals surface area contributed by atoms with E-state index < -0.39 is 28.9 Å². The van der Waals surface area contributed by atoms with E-state index in [1.54, 1.807) is 13.8 Å². The normalized spacial score (nSPS) is 17.3. The van der Waals surface area contributed by atoms with E-state index in [-0.39, 0.29) is 44.9 Å². The molecule has 0 atom stereocenters. The van der Waals surface area contributed by atoms with Gasteiger partial charge in [0.25, 0.3) is 0 Å². The molecule has 112 valence electrons. The van der Waals surface area contributed by atoms with Crippen LogP contribution in [0, 0.1) is 16.7 Å². The first-order chi connectivity index (χ1) is 10.0. The zero-order chi connectivity index (χ0) is 16.9. The monoisotopic (exact) mass is 384 g/mol. The summed E-state index contributed by atoms with van der Waals surface area (Å²) in [6.45, 7) is 3.18. The van der Waals surface area contributed by atoms with Crippen molar-refractivity contribution in [2.45, 2.75) is 25.6 Å². The van der Waals surface area contributed by atoms with Gasteiger partial charge in [0.15, 0.2) is 0 Å². The first-order valence-electron chi connectivity index (χ1n) is 6.11. The molecule has 1 saturated heterocycles. The quantitative estimate of drug-likeness (QED) is 0.777. The summed E-state index contributed by atoms with van der Waals surface area (Å²) in [4.78, 5) is 12.9. The Morgan fingerprint density at radius 3 is 2.41 bits per heavy atom. The maximum absolute atomic E-state index is 13.2. The van der Waals surface area contributed by atoms with Gasteiger partial charge in [-0.25, -0.2) is 0 Å². The molecule has 0 aliphatic carbocycles. The Morgan fingerprint density at radius 2 is 2.00 bits per heavy atom. The van der Waals surface area contributed by atoms with Crippen LogP contribution in [0.15, 0.2) is 12.1 Å². The number of carbonyl (C=O) groups excluding carboxylic acids is 1. The molecule has 1 aliphatic heterocycles. The fourth-order valence-electron chi connectivity index (χ4n) is 2.20. The zero-order valence-corrected chi connectivity index (χ0v) is 14.5. The van der Waals surface area contributed by atoms with E-state index in [4.69, 9.17) is 10.7 Å². The Labute approximate surface area is 144 Å². The number of nitrogens with one attached hydrogen (secondary N) is 2. The molecule has 2 rings (SSSR count). The van der Waals surface area contributed by atoms with Crippen LogP contribution in [0.1, 0.15) is 25.0 Å². The zero-order valence-electron chi connectivity index (χ0n) is 11.7. The van der Waals surface area contributed by atoms with E-state index in [1.807, 2.05) is 0 Å². The molecule has 9 heteroatoms. The molecular formula is C13H10F3N4OY. The van der Waals surface area contributed by atoms with Crippen molar-refractivity contribution in [1.29, 1.82) is 10.7 Å². The van der Waals surface area contributed by atoms with Crippen molar-refractivity contribution < 1.29 is 48.9 Å². The molecule has 0 bridgehead atoms. The number of amides is 2. The van der Waals surface area contributed by atoms with E-state index in [0.29, 0.717) is 0 Å². The van der Waals surface area contributed by atoms with Gasteiger partial charge in [0, 0.05) is 0 Å². The maximum atomic E-state index is 13.2. The van der Waals surface area contributed by atoms with Crippen molar-refractivity contribution in [1.82, 2.24) is 5.32 Å². The second-order valence-electron chi connectivity index (χ2n) is 5.27. The molecule has 1 aromatic rings. The number of nitrogens with zero attached hydrogens (tertiary/aromatic N) is 2. The number of halogens is 3. The topological polar surface area (TPSA) is 80.0 Å². The fourth-order valence-corrected chi connectivity index (χ4v) is 3.53. The van der Waals surface area contributed by atoms with Crippen molar-refractivity contribution >= 4 is 19.9 Å². The Balaban J connectivity index is 2.67. The molecule has 0 aromatic heterocycles. The van der Waals surface area contributed by atoms with Gasteiger partial charge in [0.1, 0.15) is 0 Å². The van der Waals surface area contributed by atoms with Gasteiger partial charge in [0.05, 0.1) is 0 Å². The van der Waals surface area contributed by atoms with Crippen LogP contribution in [0.25, 0.3) is 0 Å². The average Bonchev–Trinajstić information content (AvgIpc) is 2.57. The molecular weight excluding hydrogens is 374 g/mol. The number of nitriles is 1. The number of rotatable bonds is 1. The first kappa shape index (κ1) is 16.9. The minimum absolute atomic E-state index is 0.00167. The predicted octanol–water partition coefficient (Wildman–Crippen LogP) is 2.03. The van der Waals surface area contributed by atoms with Crippen molar-refractivity contribution in [3.05, 3.63) is 23.3 Å². The number of hydrogen-bond donors (Lipinski definition) is 2. The Kier molecular flexibility index (Phi) is 4.09. The van der Waals surface area contributed by atoms with Gasteiger partial charge in [-0.05, 0) is 0 Å². The van der Waals surface area contributed by atoms with Gasteiger partial charge in [-0.1, -0.05) is 0 Å². The molecule has 0 radical (unpaired) electrons. The number of amidine groups is 1. The summed E-state index contributed by atoms with van der Waals surface area (Å²) in [7, 11) is 0. The number of carbonyl (C=O) groups is 1. The molecule has 2 amide bonds. The van der Waals surface area contributed by atoms with E-state index in [2.05, 4.69) is 5.32 Å². The van der Waals surface area contributed by atoms with Crippen molar-refractivity contribution in [2.24, 2.45) is 0 Å². The van der Waals surface area contributed by atoms with Gasteiger partial charge in [0.2, 0.25) is 0 Å². The standard InChI is InChI=1S/C13H10F3N4O.Y/c1-12(2)10(18)20(11(21)19-12)8-4-3-7(6-17)9(5-8)13(14,15)16;/h3-4,18H,1-2H3,(H,19,21);. The molecule has 5 nitrogen and oxygen atoms in total. The van der Waals surface area contributed by atoms with Crippen LogP contribution in [-0.4, -0.2) is 17.4 Å². The Hall–Kier alpha value is -1.46. The number of hydrogen-bond acceptors (Lipinski definition) is 3. The third-order valence-corrected chi connectivity index (χ3v) is 4.74. The number of urea groups is 1. The van der Waals surface area contributed by atoms with Crippen LogP contribution < -0.4 is 12.6 Å². The molecule has 0 unspecified atom stereocenters. The molecule has 1 aromatic carbocycles. The van der Waals surface area contributed by atoms with Gasteiger partial charge in [-0.2, -0.15) is 0 Å². The first-order valence-corrected chi connectivity index (χ1v) is 7.53. The van der Waals surface area contributed by atoms with Crippen molar-refractivity contribution in [2.75, 3.05) is 4.90 Å². The predicted molar refractivity (Wildman–Crippen MR) is 68.6 cm³/mol. The minimum atomic E-state index is -4.69. The third kappa shape index (κ3) is 2.63. The summed E-state index contributed by atoms with van der Waals surface area (Å²) in [6, 6.07) is 3.19. The van der Waals surface area contributed by atoms with E-state index >= 15 is 0 Å². The summed E-state index contributed by atoms with van der Waals surface area (Å²) >= 11 is 0.0508. The van der Waals surface area contributed by atoms with Gasteiger partial charge < -0.3 is 0 Å². The molecule has 22 heavy (non-hydrogen) atoms. The molecule has 1 aliphatic rings. The van der Waals surface area contributed by atoms with Crippen molar-refractivity contribution in [3.63, 3.8) is 0 Å². The summed E-state index contributed by atoms with van der Waals surface area (Å²) < 4.78 is 39.5. The second kappa shape index (κ2) is 5.32.